The molecule has 132 valence electrons. The molecule has 0 radical (unpaired) electrons. The summed E-state index contributed by atoms with van der Waals surface area (Å²) >= 11 is 3.31. The highest BCUT2D eigenvalue weighted by molar-refractivity contribution is 9.10. The predicted octanol–water partition coefficient (Wildman–Crippen LogP) is 1.94. The van der Waals surface area contributed by atoms with Crippen molar-refractivity contribution < 1.29 is 14.4 Å². The molecule has 24 heavy (non-hydrogen) atoms. The van der Waals surface area contributed by atoms with Gasteiger partial charge in [0.05, 0.1) is 6.54 Å². The average molecular weight is 398 g/mol. The summed E-state index contributed by atoms with van der Waals surface area (Å²) < 4.78 is 0.872. The van der Waals surface area contributed by atoms with E-state index in [2.05, 4.69) is 26.6 Å². The van der Waals surface area contributed by atoms with E-state index in [1.807, 2.05) is 13.8 Å². The molecule has 0 aliphatic heterocycles. The van der Waals surface area contributed by atoms with E-state index in [0.29, 0.717) is 12.1 Å². The second-order valence-corrected chi connectivity index (χ2v) is 6.69. The third kappa shape index (κ3) is 6.31. The van der Waals surface area contributed by atoms with Crippen molar-refractivity contribution in [3.8, 4) is 0 Å². The summed E-state index contributed by atoms with van der Waals surface area (Å²) in [5, 5.41) is 5.42. The molecule has 7 heteroatoms. The third-order valence-corrected chi connectivity index (χ3v) is 3.83. The minimum Gasteiger partial charge on any atom is -0.352 e. The molecule has 0 saturated carbocycles. The minimum absolute atomic E-state index is 0.0147. The van der Waals surface area contributed by atoms with Crippen LogP contribution in [-0.4, -0.2) is 47.8 Å². The number of nitrogens with zero attached hydrogens (tertiary/aromatic N) is 1. The molecule has 0 aliphatic carbocycles. The fourth-order valence-electron chi connectivity index (χ4n) is 2.10. The zero-order chi connectivity index (χ0) is 18.3. The van der Waals surface area contributed by atoms with Gasteiger partial charge < -0.3 is 15.5 Å². The topological polar surface area (TPSA) is 78.5 Å². The number of carbonyl (C=O) groups excluding carboxylic acids is 3. The van der Waals surface area contributed by atoms with Gasteiger partial charge >= 0.3 is 0 Å². The van der Waals surface area contributed by atoms with Crippen molar-refractivity contribution in [2.75, 3.05) is 13.1 Å². The number of hydrogen-bond donors (Lipinski definition) is 2. The summed E-state index contributed by atoms with van der Waals surface area (Å²) in [6, 6.07) is 6.16. The highest BCUT2D eigenvalue weighted by atomic mass is 79.9. The molecule has 1 aromatic rings. The van der Waals surface area contributed by atoms with E-state index in [1.165, 1.54) is 4.90 Å². The van der Waals surface area contributed by atoms with Gasteiger partial charge in [0.2, 0.25) is 11.8 Å². The lowest BCUT2D eigenvalue weighted by atomic mass is 10.2. The van der Waals surface area contributed by atoms with Crippen LogP contribution in [0.15, 0.2) is 28.7 Å². The first-order valence-electron chi connectivity index (χ1n) is 7.89. The average Bonchev–Trinajstić information content (AvgIpc) is 2.51. The Hall–Kier alpha value is -1.89. The lowest BCUT2D eigenvalue weighted by Gasteiger charge is -2.25. The van der Waals surface area contributed by atoms with E-state index in [9.17, 15) is 14.4 Å². The fraction of sp³-hybridized carbons (Fsp3) is 0.471. The van der Waals surface area contributed by atoms with E-state index >= 15 is 0 Å². The van der Waals surface area contributed by atoms with Crippen LogP contribution in [0.25, 0.3) is 0 Å². The lowest BCUT2D eigenvalue weighted by Crippen LogP contribution is -2.50. The first kappa shape index (κ1) is 20.2. The number of hydrogen-bond acceptors (Lipinski definition) is 3. The van der Waals surface area contributed by atoms with Gasteiger partial charge in [-0.25, -0.2) is 0 Å². The Kier molecular flexibility index (Phi) is 7.91. The summed E-state index contributed by atoms with van der Waals surface area (Å²) in [6.07, 6.45) is 0. The summed E-state index contributed by atoms with van der Waals surface area (Å²) in [7, 11) is 0. The van der Waals surface area contributed by atoms with Gasteiger partial charge in [-0.05, 0) is 52.0 Å². The van der Waals surface area contributed by atoms with Crippen LogP contribution >= 0.6 is 15.9 Å². The molecule has 0 spiro atoms. The SMILES string of the molecule is CCN(CC(=O)NC(C)C)C(=O)[C@@H](C)NC(=O)c1ccc(Br)cc1. The molecule has 0 heterocycles. The van der Waals surface area contributed by atoms with Crippen molar-refractivity contribution in [3.05, 3.63) is 34.3 Å². The largest absolute Gasteiger partial charge is 0.352 e. The number of nitrogens with one attached hydrogen (secondary N) is 2. The van der Waals surface area contributed by atoms with E-state index in [0.717, 1.165) is 4.47 Å². The molecule has 1 rings (SSSR count). The lowest BCUT2D eigenvalue weighted by molar-refractivity contribution is -0.137. The Morgan fingerprint density at radius 1 is 1.08 bits per heavy atom. The monoisotopic (exact) mass is 397 g/mol. The predicted molar refractivity (Wildman–Crippen MR) is 96.6 cm³/mol. The van der Waals surface area contributed by atoms with E-state index in [1.54, 1.807) is 38.1 Å². The molecule has 2 N–H and O–H groups in total. The Labute approximate surface area is 151 Å². The minimum atomic E-state index is -0.715. The molecule has 0 saturated heterocycles. The second kappa shape index (κ2) is 9.42. The number of rotatable bonds is 7. The van der Waals surface area contributed by atoms with Crippen molar-refractivity contribution in [2.45, 2.75) is 39.8 Å². The maximum atomic E-state index is 12.4. The second-order valence-electron chi connectivity index (χ2n) is 5.78. The Bertz CT molecular complexity index is 587. The standard InChI is InChI=1S/C17H24BrN3O3/c1-5-21(10-15(22)19-11(2)3)17(24)12(4)20-16(23)13-6-8-14(18)9-7-13/h6-9,11-12H,5,10H2,1-4H3,(H,19,22)(H,20,23)/t12-/m1/s1. The Balaban J connectivity index is 2.65. The Morgan fingerprint density at radius 3 is 2.17 bits per heavy atom. The van der Waals surface area contributed by atoms with Gasteiger partial charge in [-0.15, -0.1) is 0 Å². The van der Waals surface area contributed by atoms with Crippen molar-refractivity contribution >= 4 is 33.7 Å². The summed E-state index contributed by atoms with van der Waals surface area (Å²) in [6.45, 7) is 7.49. The van der Waals surface area contributed by atoms with Crippen LogP contribution in [-0.2, 0) is 9.59 Å². The zero-order valence-corrected chi connectivity index (χ0v) is 16.0. The van der Waals surface area contributed by atoms with E-state index in [-0.39, 0.29) is 30.3 Å². The first-order chi connectivity index (χ1) is 11.2. The van der Waals surface area contributed by atoms with Gasteiger partial charge in [0.25, 0.3) is 5.91 Å². The maximum absolute atomic E-state index is 12.4. The molecule has 1 atom stereocenters. The van der Waals surface area contributed by atoms with Crippen LogP contribution in [0.3, 0.4) is 0 Å². The van der Waals surface area contributed by atoms with Crippen molar-refractivity contribution in [1.29, 1.82) is 0 Å². The van der Waals surface area contributed by atoms with Gasteiger partial charge in [0, 0.05) is 22.6 Å². The molecule has 0 aliphatic rings. The van der Waals surface area contributed by atoms with Crippen molar-refractivity contribution in [3.63, 3.8) is 0 Å². The molecule has 6 nitrogen and oxygen atoms in total. The molecule has 0 fully saturated rings. The highest BCUT2D eigenvalue weighted by Crippen LogP contribution is 2.10. The molecule has 0 bridgehead atoms. The summed E-state index contributed by atoms with van der Waals surface area (Å²) in [4.78, 5) is 37.9. The molecular weight excluding hydrogens is 374 g/mol. The quantitative estimate of drug-likeness (QED) is 0.737. The van der Waals surface area contributed by atoms with Crippen LogP contribution in [0.1, 0.15) is 38.1 Å². The molecule has 3 amide bonds. The zero-order valence-electron chi connectivity index (χ0n) is 14.4. The summed E-state index contributed by atoms with van der Waals surface area (Å²) in [5.74, 6) is -0.834. The van der Waals surface area contributed by atoms with Crippen LogP contribution < -0.4 is 10.6 Å². The smallest absolute Gasteiger partial charge is 0.251 e. The van der Waals surface area contributed by atoms with Gasteiger partial charge in [-0.3, -0.25) is 14.4 Å². The van der Waals surface area contributed by atoms with E-state index in [4.69, 9.17) is 0 Å². The van der Waals surface area contributed by atoms with Crippen molar-refractivity contribution in [1.82, 2.24) is 15.5 Å². The molecule has 0 aromatic heterocycles. The van der Waals surface area contributed by atoms with Gasteiger partial charge in [-0.1, -0.05) is 15.9 Å². The number of halogens is 1. The van der Waals surface area contributed by atoms with Crippen LogP contribution in [0, 0.1) is 0 Å². The van der Waals surface area contributed by atoms with Crippen molar-refractivity contribution in [2.24, 2.45) is 0 Å². The van der Waals surface area contributed by atoms with Crippen LogP contribution in [0.2, 0.25) is 0 Å². The normalized spacial score (nSPS) is 11.8. The number of amides is 3. The number of benzene rings is 1. The summed E-state index contributed by atoms with van der Waals surface area (Å²) in [5.41, 5.74) is 0.471. The number of likely N-dealkylation sites (N-methyl/N-ethyl adjacent to an activating group) is 1. The maximum Gasteiger partial charge on any atom is 0.251 e. The third-order valence-electron chi connectivity index (χ3n) is 3.30. The van der Waals surface area contributed by atoms with Gasteiger partial charge in [0.1, 0.15) is 6.04 Å². The number of carbonyl (C=O) groups is 3. The van der Waals surface area contributed by atoms with Crippen LogP contribution in [0.4, 0.5) is 0 Å². The molecule has 0 unspecified atom stereocenters. The van der Waals surface area contributed by atoms with Crippen LogP contribution in [0.5, 0.6) is 0 Å². The first-order valence-corrected chi connectivity index (χ1v) is 8.68. The molecular formula is C17H24BrN3O3. The van der Waals surface area contributed by atoms with Gasteiger partial charge in [-0.2, -0.15) is 0 Å². The molecule has 1 aromatic carbocycles. The Morgan fingerprint density at radius 2 is 1.67 bits per heavy atom. The van der Waals surface area contributed by atoms with Gasteiger partial charge in [0.15, 0.2) is 0 Å². The van der Waals surface area contributed by atoms with E-state index < -0.39 is 6.04 Å². The fourth-order valence-corrected chi connectivity index (χ4v) is 2.37. The highest BCUT2D eigenvalue weighted by Gasteiger charge is 2.23.